The van der Waals surface area contributed by atoms with Gasteiger partial charge in [0.1, 0.15) is 5.01 Å². The molecule has 0 N–H and O–H groups in total. The van der Waals surface area contributed by atoms with Crippen LogP contribution in [-0.2, 0) is 16.1 Å². The summed E-state index contributed by atoms with van der Waals surface area (Å²) in [6, 6.07) is 18.1. The molecule has 2 saturated heterocycles. The molecular formula is C27H30N4O2S. The molecule has 176 valence electrons. The second kappa shape index (κ2) is 10.5. The van der Waals surface area contributed by atoms with E-state index in [4.69, 9.17) is 4.98 Å². The van der Waals surface area contributed by atoms with Crippen LogP contribution in [-0.4, -0.2) is 70.8 Å². The van der Waals surface area contributed by atoms with Crippen LogP contribution in [0.15, 0.2) is 60.7 Å². The molecule has 0 saturated carbocycles. The lowest BCUT2D eigenvalue weighted by Gasteiger charge is -2.38. The molecule has 7 heteroatoms. The average molecular weight is 475 g/mol. The van der Waals surface area contributed by atoms with Crippen molar-refractivity contribution in [2.24, 2.45) is 5.92 Å². The van der Waals surface area contributed by atoms with Gasteiger partial charge in [0.15, 0.2) is 0 Å². The van der Waals surface area contributed by atoms with Crippen LogP contribution in [0.2, 0.25) is 0 Å². The summed E-state index contributed by atoms with van der Waals surface area (Å²) < 4.78 is 1.23. The van der Waals surface area contributed by atoms with Crippen LogP contribution in [0.5, 0.6) is 0 Å². The molecule has 3 heterocycles. The maximum Gasteiger partial charge on any atom is 0.246 e. The molecule has 0 bridgehead atoms. The first-order valence-corrected chi connectivity index (χ1v) is 12.8. The van der Waals surface area contributed by atoms with Gasteiger partial charge in [-0.2, -0.15) is 0 Å². The van der Waals surface area contributed by atoms with E-state index in [9.17, 15) is 9.59 Å². The highest BCUT2D eigenvalue weighted by molar-refractivity contribution is 7.18. The Morgan fingerprint density at radius 3 is 2.32 bits per heavy atom. The molecule has 2 aliphatic rings. The first-order valence-electron chi connectivity index (χ1n) is 12.0. The maximum atomic E-state index is 13.1. The van der Waals surface area contributed by atoms with E-state index in [1.165, 1.54) is 4.70 Å². The van der Waals surface area contributed by atoms with E-state index in [1.54, 1.807) is 17.4 Å². The predicted octanol–water partition coefficient (Wildman–Crippen LogP) is 3.89. The van der Waals surface area contributed by atoms with Gasteiger partial charge < -0.3 is 9.80 Å². The lowest BCUT2D eigenvalue weighted by molar-refractivity contribution is -0.141. The van der Waals surface area contributed by atoms with E-state index >= 15 is 0 Å². The van der Waals surface area contributed by atoms with Crippen molar-refractivity contribution in [3.05, 3.63) is 71.2 Å². The largest absolute Gasteiger partial charge is 0.340 e. The number of piperazine rings is 1. The number of carbonyl (C=O) groups excluding carboxylic acids is 2. The first kappa shape index (κ1) is 22.7. The fraction of sp³-hybridized carbons (Fsp3) is 0.370. The number of benzene rings is 2. The van der Waals surface area contributed by atoms with Gasteiger partial charge in [0.2, 0.25) is 11.8 Å². The summed E-state index contributed by atoms with van der Waals surface area (Å²) in [5.41, 5.74) is 2.08. The van der Waals surface area contributed by atoms with Crippen molar-refractivity contribution in [2.45, 2.75) is 19.4 Å². The Balaban J connectivity index is 1.07. The Bertz CT molecular complexity index is 1130. The van der Waals surface area contributed by atoms with Gasteiger partial charge in [-0.15, -0.1) is 11.3 Å². The van der Waals surface area contributed by atoms with Crippen LogP contribution < -0.4 is 0 Å². The van der Waals surface area contributed by atoms with Gasteiger partial charge in [-0.1, -0.05) is 42.5 Å². The molecule has 34 heavy (non-hydrogen) atoms. The third kappa shape index (κ3) is 5.37. The summed E-state index contributed by atoms with van der Waals surface area (Å²) in [5, 5.41) is 1.14. The molecule has 0 spiro atoms. The minimum absolute atomic E-state index is 0.0259. The number of hydrogen-bond donors (Lipinski definition) is 0. The van der Waals surface area contributed by atoms with E-state index in [0.29, 0.717) is 13.1 Å². The van der Waals surface area contributed by atoms with Gasteiger partial charge in [-0.05, 0) is 36.6 Å². The van der Waals surface area contributed by atoms with Gasteiger partial charge in [0, 0.05) is 51.3 Å². The third-order valence-electron chi connectivity index (χ3n) is 6.75. The Kier molecular flexibility index (Phi) is 7.02. The summed E-state index contributed by atoms with van der Waals surface area (Å²) in [6.07, 6.45) is 4.99. The molecule has 2 aliphatic heterocycles. The highest BCUT2D eigenvalue weighted by atomic mass is 32.1. The molecule has 0 aliphatic carbocycles. The van der Waals surface area contributed by atoms with Crippen LogP contribution in [0, 0.1) is 5.92 Å². The lowest BCUT2D eigenvalue weighted by atomic mass is 9.95. The van der Waals surface area contributed by atoms with Gasteiger partial charge in [0.05, 0.1) is 16.8 Å². The molecule has 0 atom stereocenters. The Morgan fingerprint density at radius 1 is 0.882 bits per heavy atom. The first-order chi connectivity index (χ1) is 16.7. The minimum atomic E-state index is 0.0259. The van der Waals surface area contributed by atoms with Crippen molar-refractivity contribution in [3.63, 3.8) is 0 Å². The van der Waals surface area contributed by atoms with Gasteiger partial charge in [0.25, 0.3) is 0 Å². The summed E-state index contributed by atoms with van der Waals surface area (Å²) >= 11 is 1.75. The molecule has 0 radical (unpaired) electrons. The number of aromatic nitrogens is 1. The molecule has 1 aromatic heterocycles. The highest BCUT2D eigenvalue weighted by Crippen LogP contribution is 2.24. The predicted molar refractivity (Wildman–Crippen MR) is 136 cm³/mol. The van der Waals surface area contributed by atoms with Crippen molar-refractivity contribution < 1.29 is 9.59 Å². The normalized spacial score (nSPS) is 18.1. The van der Waals surface area contributed by atoms with Crippen molar-refractivity contribution >= 4 is 39.4 Å². The molecule has 5 rings (SSSR count). The quantitative estimate of drug-likeness (QED) is 0.527. The van der Waals surface area contributed by atoms with E-state index < -0.39 is 0 Å². The van der Waals surface area contributed by atoms with Crippen molar-refractivity contribution in [3.8, 4) is 0 Å². The van der Waals surface area contributed by atoms with Crippen molar-refractivity contribution in [1.29, 1.82) is 0 Å². The maximum absolute atomic E-state index is 13.1. The molecule has 6 nitrogen and oxygen atoms in total. The van der Waals surface area contributed by atoms with Gasteiger partial charge >= 0.3 is 0 Å². The zero-order chi connectivity index (χ0) is 23.3. The van der Waals surface area contributed by atoms with Gasteiger partial charge in [-0.25, -0.2) is 4.98 Å². The molecule has 0 unspecified atom stereocenters. The summed E-state index contributed by atoms with van der Waals surface area (Å²) in [4.78, 5) is 36.6. The van der Waals surface area contributed by atoms with E-state index in [-0.39, 0.29) is 17.7 Å². The standard InChI is InChI=1S/C27H30N4O2S/c32-26(11-10-21-6-2-1-3-7-21)30-14-12-22(13-15-30)27(33)31-18-16-29(17-19-31)20-25-28-23-8-4-5-9-24(23)34-25/h1-11,22H,12-20H2/b11-10+. The van der Waals surface area contributed by atoms with Crippen LogP contribution in [0.3, 0.4) is 0 Å². The molecule has 2 fully saturated rings. The smallest absolute Gasteiger partial charge is 0.246 e. The number of hydrogen-bond acceptors (Lipinski definition) is 5. The number of carbonyl (C=O) groups is 2. The molecular weight excluding hydrogens is 444 g/mol. The number of thiazole rings is 1. The molecule has 3 aromatic rings. The average Bonchev–Trinajstić information content (AvgIpc) is 3.30. The van der Waals surface area contributed by atoms with Crippen LogP contribution >= 0.6 is 11.3 Å². The molecule has 2 amide bonds. The van der Waals surface area contributed by atoms with E-state index in [2.05, 4.69) is 23.1 Å². The topological polar surface area (TPSA) is 56.8 Å². The number of nitrogens with zero attached hydrogens (tertiary/aromatic N) is 4. The van der Waals surface area contributed by atoms with Crippen molar-refractivity contribution in [1.82, 2.24) is 19.7 Å². The number of piperidine rings is 1. The summed E-state index contributed by atoms with van der Waals surface area (Å²) in [7, 11) is 0. The van der Waals surface area contributed by atoms with Crippen LogP contribution in [0.1, 0.15) is 23.4 Å². The monoisotopic (exact) mass is 474 g/mol. The zero-order valence-electron chi connectivity index (χ0n) is 19.3. The summed E-state index contributed by atoms with van der Waals surface area (Å²) in [6.45, 7) is 5.42. The second-order valence-corrected chi connectivity index (χ2v) is 10.1. The zero-order valence-corrected chi connectivity index (χ0v) is 20.1. The third-order valence-corrected chi connectivity index (χ3v) is 7.78. The van der Waals surface area contributed by atoms with E-state index in [1.807, 2.05) is 52.3 Å². The minimum Gasteiger partial charge on any atom is -0.340 e. The molecule has 2 aromatic carbocycles. The van der Waals surface area contributed by atoms with Gasteiger partial charge in [-0.3, -0.25) is 14.5 Å². The van der Waals surface area contributed by atoms with E-state index in [0.717, 1.165) is 61.7 Å². The Morgan fingerprint density at radius 2 is 1.59 bits per heavy atom. The number of amides is 2. The Labute approximate surface area is 204 Å². The lowest BCUT2D eigenvalue weighted by Crippen LogP contribution is -2.51. The fourth-order valence-electron chi connectivity index (χ4n) is 4.75. The highest BCUT2D eigenvalue weighted by Gasteiger charge is 2.31. The number of rotatable bonds is 5. The summed E-state index contributed by atoms with van der Waals surface area (Å²) in [5.74, 6) is 0.308. The van der Waals surface area contributed by atoms with Crippen molar-refractivity contribution in [2.75, 3.05) is 39.3 Å². The SMILES string of the molecule is O=C(/C=C/c1ccccc1)N1CCC(C(=O)N2CCN(Cc3nc4ccccc4s3)CC2)CC1. The number of para-hydroxylation sites is 1. The van der Waals surface area contributed by atoms with Crippen LogP contribution in [0.25, 0.3) is 16.3 Å². The Hall–Kier alpha value is -3.03. The van der Waals surface area contributed by atoms with Crippen LogP contribution in [0.4, 0.5) is 0 Å². The second-order valence-electron chi connectivity index (χ2n) is 9.02. The fourth-order valence-corrected chi connectivity index (χ4v) is 5.76. The number of likely N-dealkylation sites (tertiary alicyclic amines) is 1. The number of fused-ring (bicyclic) bond motifs is 1.